The third kappa shape index (κ3) is 3.76. The quantitative estimate of drug-likeness (QED) is 0.835. The number of hydrogen-bond acceptors (Lipinski definition) is 3. The molecular formula is C18H18BrNO4. The van der Waals surface area contributed by atoms with Crippen molar-refractivity contribution < 1.29 is 19.4 Å². The molecule has 0 aliphatic heterocycles. The van der Waals surface area contributed by atoms with Gasteiger partial charge in [-0.05, 0) is 30.2 Å². The van der Waals surface area contributed by atoms with Gasteiger partial charge in [-0.25, -0.2) is 9.59 Å². The number of likely N-dealkylation sites (N-methyl/N-ethyl adjacent to an activating group) is 1. The van der Waals surface area contributed by atoms with Gasteiger partial charge in [0, 0.05) is 11.5 Å². The summed E-state index contributed by atoms with van der Waals surface area (Å²) in [7, 11) is 1.42. The second kappa shape index (κ2) is 7.49. The van der Waals surface area contributed by atoms with Crippen LogP contribution in [-0.4, -0.2) is 29.1 Å². The normalized spacial score (nSPS) is 13.0. The molecule has 0 aromatic heterocycles. The highest BCUT2D eigenvalue weighted by Gasteiger charge is 2.42. The van der Waals surface area contributed by atoms with E-state index < -0.39 is 17.6 Å². The van der Waals surface area contributed by atoms with Crippen LogP contribution < -0.4 is 0 Å². The molecule has 0 aliphatic carbocycles. The predicted molar refractivity (Wildman–Crippen MR) is 93.5 cm³/mol. The van der Waals surface area contributed by atoms with Crippen molar-refractivity contribution in [3.63, 3.8) is 0 Å². The van der Waals surface area contributed by atoms with Crippen LogP contribution >= 0.6 is 15.9 Å². The van der Waals surface area contributed by atoms with Gasteiger partial charge in [0.2, 0.25) is 0 Å². The fraction of sp³-hybridized carbons (Fsp3) is 0.222. The van der Waals surface area contributed by atoms with Crippen LogP contribution in [-0.2, 0) is 21.7 Å². The van der Waals surface area contributed by atoms with Gasteiger partial charge in [0.15, 0.2) is 5.54 Å². The molecule has 2 aromatic rings. The van der Waals surface area contributed by atoms with Crippen LogP contribution in [0.1, 0.15) is 18.1 Å². The van der Waals surface area contributed by atoms with Crippen LogP contribution in [0.4, 0.5) is 4.79 Å². The zero-order valence-electron chi connectivity index (χ0n) is 13.4. The van der Waals surface area contributed by atoms with Crippen LogP contribution in [0, 0.1) is 0 Å². The molecule has 2 rings (SSSR count). The number of halogens is 1. The molecule has 1 unspecified atom stereocenters. The Labute approximate surface area is 149 Å². The maximum atomic E-state index is 12.3. The first-order chi connectivity index (χ1) is 11.4. The number of nitrogens with zero attached hydrogens (tertiary/aromatic N) is 1. The lowest BCUT2D eigenvalue weighted by molar-refractivity contribution is -0.149. The number of benzene rings is 2. The average molecular weight is 392 g/mol. The van der Waals surface area contributed by atoms with Gasteiger partial charge in [0.05, 0.1) is 0 Å². The van der Waals surface area contributed by atoms with Crippen LogP contribution in [0.25, 0.3) is 0 Å². The van der Waals surface area contributed by atoms with Gasteiger partial charge in [-0.1, -0.05) is 58.4 Å². The Bertz CT molecular complexity index is 718. The van der Waals surface area contributed by atoms with Crippen LogP contribution in [0.15, 0.2) is 59.1 Å². The lowest BCUT2D eigenvalue weighted by Gasteiger charge is -2.34. The topological polar surface area (TPSA) is 66.8 Å². The van der Waals surface area contributed by atoms with Crippen molar-refractivity contribution in [2.24, 2.45) is 0 Å². The summed E-state index contributed by atoms with van der Waals surface area (Å²) in [5, 5.41) is 9.70. The van der Waals surface area contributed by atoms with Gasteiger partial charge in [-0.3, -0.25) is 4.90 Å². The molecule has 0 saturated heterocycles. The Morgan fingerprint density at radius 2 is 1.71 bits per heavy atom. The standard InChI is InChI=1S/C18H18BrNO4/c1-18(16(21)22,14-8-10-15(19)11-9-14)20(2)17(23)24-12-13-6-4-3-5-7-13/h3-11H,12H2,1-2H3,(H,21,22). The second-order valence-corrected chi connectivity index (χ2v) is 6.40. The van der Waals surface area contributed by atoms with Gasteiger partial charge < -0.3 is 9.84 Å². The Morgan fingerprint density at radius 3 is 2.25 bits per heavy atom. The molecule has 0 radical (unpaired) electrons. The number of amides is 1. The van der Waals surface area contributed by atoms with Crippen molar-refractivity contribution in [3.05, 3.63) is 70.2 Å². The number of hydrogen-bond donors (Lipinski definition) is 1. The monoisotopic (exact) mass is 391 g/mol. The summed E-state index contributed by atoms with van der Waals surface area (Å²) >= 11 is 3.31. The Kier molecular flexibility index (Phi) is 5.62. The van der Waals surface area contributed by atoms with E-state index in [1.807, 2.05) is 30.3 Å². The molecule has 24 heavy (non-hydrogen) atoms. The van der Waals surface area contributed by atoms with Crippen molar-refractivity contribution in [2.75, 3.05) is 7.05 Å². The molecule has 0 fully saturated rings. The first-order valence-corrected chi connectivity index (χ1v) is 8.09. The van der Waals surface area contributed by atoms with Crippen molar-refractivity contribution >= 4 is 28.0 Å². The first-order valence-electron chi connectivity index (χ1n) is 7.29. The highest BCUT2D eigenvalue weighted by molar-refractivity contribution is 9.10. The number of carbonyl (C=O) groups excluding carboxylic acids is 1. The maximum absolute atomic E-state index is 12.3. The minimum Gasteiger partial charge on any atom is -0.479 e. The second-order valence-electron chi connectivity index (χ2n) is 5.48. The third-order valence-electron chi connectivity index (χ3n) is 3.97. The molecular weight excluding hydrogens is 374 g/mol. The van der Waals surface area contributed by atoms with E-state index in [0.717, 1.165) is 14.9 Å². The SMILES string of the molecule is CN(C(=O)OCc1ccccc1)C(C)(C(=O)O)c1ccc(Br)cc1. The molecule has 1 amide bonds. The summed E-state index contributed by atoms with van der Waals surface area (Å²) in [6.07, 6.45) is -0.702. The van der Waals surface area contributed by atoms with Gasteiger partial charge in [0.25, 0.3) is 0 Å². The van der Waals surface area contributed by atoms with Gasteiger partial charge in [-0.15, -0.1) is 0 Å². The summed E-state index contributed by atoms with van der Waals surface area (Å²) in [4.78, 5) is 25.3. The minimum atomic E-state index is -1.53. The van der Waals surface area contributed by atoms with E-state index >= 15 is 0 Å². The number of rotatable bonds is 5. The number of carbonyl (C=O) groups is 2. The lowest BCUT2D eigenvalue weighted by Crippen LogP contribution is -2.50. The predicted octanol–water partition coefficient (Wildman–Crippen LogP) is 4.02. The molecule has 0 aliphatic rings. The Morgan fingerprint density at radius 1 is 1.12 bits per heavy atom. The van der Waals surface area contributed by atoms with E-state index in [2.05, 4.69) is 15.9 Å². The number of aliphatic carboxylic acids is 1. The highest BCUT2D eigenvalue weighted by atomic mass is 79.9. The first kappa shape index (κ1) is 18.0. The van der Waals surface area contributed by atoms with Crippen LogP contribution in [0.2, 0.25) is 0 Å². The number of carboxylic acid groups (broad SMARTS) is 1. The summed E-state index contributed by atoms with van der Waals surface area (Å²) in [5.74, 6) is -1.14. The summed E-state index contributed by atoms with van der Waals surface area (Å²) in [6.45, 7) is 1.56. The summed E-state index contributed by atoms with van der Waals surface area (Å²) < 4.78 is 6.07. The van der Waals surface area contributed by atoms with Gasteiger partial charge >= 0.3 is 12.1 Å². The molecule has 6 heteroatoms. The third-order valence-corrected chi connectivity index (χ3v) is 4.50. The average Bonchev–Trinajstić information content (AvgIpc) is 2.59. The van der Waals surface area contributed by atoms with Crippen LogP contribution in [0.5, 0.6) is 0 Å². The minimum absolute atomic E-state index is 0.0834. The Balaban J connectivity index is 2.19. The van der Waals surface area contributed by atoms with Gasteiger partial charge in [-0.2, -0.15) is 0 Å². The smallest absolute Gasteiger partial charge is 0.411 e. The molecule has 0 saturated carbocycles. The van der Waals surface area contributed by atoms with E-state index in [-0.39, 0.29) is 6.61 Å². The number of ether oxygens (including phenoxy) is 1. The molecule has 126 valence electrons. The molecule has 0 spiro atoms. The molecule has 2 aromatic carbocycles. The zero-order valence-corrected chi connectivity index (χ0v) is 15.0. The van der Waals surface area contributed by atoms with E-state index in [0.29, 0.717) is 5.56 Å². The largest absolute Gasteiger partial charge is 0.479 e. The molecule has 0 bridgehead atoms. The van der Waals surface area contributed by atoms with Crippen LogP contribution in [0.3, 0.4) is 0 Å². The van der Waals surface area contributed by atoms with Crippen molar-refractivity contribution in [1.29, 1.82) is 0 Å². The number of carboxylic acids is 1. The Hall–Kier alpha value is -2.34. The summed E-state index contributed by atoms with van der Waals surface area (Å²) in [5.41, 5.74) is -0.216. The highest BCUT2D eigenvalue weighted by Crippen LogP contribution is 2.29. The van der Waals surface area contributed by atoms with E-state index in [1.54, 1.807) is 24.3 Å². The van der Waals surface area contributed by atoms with E-state index in [4.69, 9.17) is 4.74 Å². The van der Waals surface area contributed by atoms with E-state index in [9.17, 15) is 14.7 Å². The van der Waals surface area contributed by atoms with Crippen molar-refractivity contribution in [3.8, 4) is 0 Å². The fourth-order valence-electron chi connectivity index (χ4n) is 2.23. The molecule has 1 atom stereocenters. The zero-order chi connectivity index (χ0) is 17.7. The van der Waals surface area contributed by atoms with E-state index in [1.165, 1.54) is 14.0 Å². The van der Waals surface area contributed by atoms with Gasteiger partial charge in [0.1, 0.15) is 6.61 Å². The van der Waals surface area contributed by atoms with Crippen molar-refractivity contribution in [2.45, 2.75) is 19.1 Å². The molecule has 0 heterocycles. The molecule has 1 N–H and O–H groups in total. The molecule has 5 nitrogen and oxygen atoms in total. The lowest BCUT2D eigenvalue weighted by atomic mass is 9.91. The van der Waals surface area contributed by atoms with Crippen molar-refractivity contribution in [1.82, 2.24) is 4.90 Å². The summed E-state index contributed by atoms with van der Waals surface area (Å²) in [6, 6.07) is 16.0. The fourth-order valence-corrected chi connectivity index (χ4v) is 2.50. The maximum Gasteiger partial charge on any atom is 0.411 e.